The normalized spacial score (nSPS) is 12.6. The fourth-order valence-electron chi connectivity index (χ4n) is 2.06. The summed E-state index contributed by atoms with van der Waals surface area (Å²) in [7, 11) is 0. The molecular formula is C14H7F6N3O. The highest BCUT2D eigenvalue weighted by Crippen LogP contribution is 2.30. The van der Waals surface area contributed by atoms with Gasteiger partial charge in [0.1, 0.15) is 5.75 Å². The predicted octanol–water partition coefficient (Wildman–Crippen LogP) is 4.31. The van der Waals surface area contributed by atoms with Crippen LogP contribution in [0.3, 0.4) is 0 Å². The lowest BCUT2D eigenvalue weighted by atomic mass is 10.1. The summed E-state index contributed by atoms with van der Waals surface area (Å²) in [5.74, 6) is -1.62. The summed E-state index contributed by atoms with van der Waals surface area (Å²) < 4.78 is 79.2. The molecule has 24 heavy (non-hydrogen) atoms. The molecule has 0 bridgehead atoms. The molecule has 4 nitrogen and oxygen atoms in total. The molecule has 0 aliphatic carbocycles. The highest BCUT2D eigenvalue weighted by Gasteiger charge is 2.36. The van der Waals surface area contributed by atoms with Gasteiger partial charge in [0, 0.05) is 5.56 Å². The van der Waals surface area contributed by atoms with Gasteiger partial charge < -0.3 is 4.74 Å². The molecule has 0 amide bonds. The molecule has 2 aromatic heterocycles. The molecule has 0 N–H and O–H groups in total. The fourth-order valence-corrected chi connectivity index (χ4v) is 2.06. The van der Waals surface area contributed by atoms with Gasteiger partial charge in [-0.25, -0.2) is 9.50 Å². The Bertz CT molecular complexity index is 867. The van der Waals surface area contributed by atoms with Gasteiger partial charge in [-0.3, -0.25) is 0 Å². The zero-order chi connectivity index (χ0) is 17.5. The van der Waals surface area contributed by atoms with Gasteiger partial charge in [-0.1, -0.05) is 0 Å². The van der Waals surface area contributed by atoms with Crippen LogP contribution in [0.5, 0.6) is 5.75 Å². The van der Waals surface area contributed by atoms with Crippen LogP contribution in [0.2, 0.25) is 0 Å². The fraction of sp³-hybridized carbons (Fsp3) is 0.143. The van der Waals surface area contributed by atoms with Crippen LogP contribution in [0.25, 0.3) is 16.8 Å². The van der Waals surface area contributed by atoms with E-state index in [4.69, 9.17) is 0 Å². The Balaban J connectivity index is 1.97. The Morgan fingerprint density at radius 1 is 0.875 bits per heavy atom. The van der Waals surface area contributed by atoms with E-state index in [-0.39, 0.29) is 11.2 Å². The van der Waals surface area contributed by atoms with E-state index in [9.17, 15) is 26.3 Å². The number of aromatic nitrogens is 3. The van der Waals surface area contributed by atoms with Crippen molar-refractivity contribution in [2.45, 2.75) is 12.5 Å². The van der Waals surface area contributed by atoms with E-state index in [0.717, 1.165) is 18.3 Å². The Labute approximate surface area is 130 Å². The van der Waals surface area contributed by atoms with E-state index in [1.165, 1.54) is 24.3 Å². The number of ether oxygens (including phenoxy) is 1. The lowest BCUT2D eigenvalue weighted by molar-refractivity contribution is -0.274. The van der Waals surface area contributed by atoms with Crippen molar-refractivity contribution in [3.8, 4) is 17.0 Å². The zero-order valence-electron chi connectivity index (χ0n) is 11.6. The summed E-state index contributed by atoms with van der Waals surface area (Å²) in [6.07, 6.45) is -8.47. The molecular weight excluding hydrogens is 340 g/mol. The molecule has 1 aromatic carbocycles. The van der Waals surface area contributed by atoms with Crippen LogP contribution in [0.15, 0.2) is 42.6 Å². The molecule has 0 atom stereocenters. The highest BCUT2D eigenvalue weighted by atomic mass is 19.4. The van der Waals surface area contributed by atoms with Crippen molar-refractivity contribution in [2.75, 3.05) is 0 Å². The van der Waals surface area contributed by atoms with Crippen LogP contribution < -0.4 is 4.74 Å². The second kappa shape index (κ2) is 5.39. The average molecular weight is 347 g/mol. The molecule has 10 heteroatoms. The van der Waals surface area contributed by atoms with Crippen LogP contribution in [0, 0.1) is 0 Å². The Morgan fingerprint density at radius 3 is 2.12 bits per heavy atom. The van der Waals surface area contributed by atoms with Crippen LogP contribution in [-0.2, 0) is 6.18 Å². The number of fused-ring (bicyclic) bond motifs is 1. The maximum atomic E-state index is 12.8. The van der Waals surface area contributed by atoms with Gasteiger partial charge in [0.2, 0.25) is 5.82 Å². The molecule has 0 fully saturated rings. The third kappa shape index (κ3) is 3.26. The molecule has 3 rings (SSSR count). The molecule has 0 saturated carbocycles. The Hall–Kier alpha value is -2.78. The number of hydrogen-bond acceptors (Lipinski definition) is 3. The number of benzene rings is 1. The molecule has 0 spiro atoms. The van der Waals surface area contributed by atoms with Crippen molar-refractivity contribution in [2.24, 2.45) is 0 Å². The number of hydrogen-bond donors (Lipinski definition) is 0. The molecule has 0 saturated heterocycles. The molecule has 0 aliphatic heterocycles. The quantitative estimate of drug-likeness (QED) is 0.649. The van der Waals surface area contributed by atoms with Gasteiger partial charge in [-0.05, 0) is 36.4 Å². The van der Waals surface area contributed by atoms with Crippen molar-refractivity contribution in [1.82, 2.24) is 14.6 Å². The Morgan fingerprint density at radius 2 is 1.54 bits per heavy atom. The first-order valence-electron chi connectivity index (χ1n) is 6.42. The smallest absolute Gasteiger partial charge is 0.406 e. The second-order valence-electron chi connectivity index (χ2n) is 4.71. The van der Waals surface area contributed by atoms with E-state index in [0.29, 0.717) is 10.1 Å². The van der Waals surface area contributed by atoms with E-state index in [1.807, 2.05) is 0 Å². The lowest BCUT2D eigenvalue weighted by Crippen LogP contribution is -2.16. The zero-order valence-corrected chi connectivity index (χ0v) is 11.6. The van der Waals surface area contributed by atoms with Gasteiger partial charge in [-0.2, -0.15) is 18.3 Å². The minimum absolute atomic E-state index is 0.142. The van der Waals surface area contributed by atoms with E-state index >= 15 is 0 Å². The second-order valence-corrected chi connectivity index (χ2v) is 4.71. The monoisotopic (exact) mass is 347 g/mol. The summed E-state index contributed by atoms with van der Waals surface area (Å²) in [6, 6.07) is 7.45. The largest absolute Gasteiger partial charge is 0.573 e. The highest BCUT2D eigenvalue weighted by molar-refractivity contribution is 5.62. The van der Waals surface area contributed by atoms with Crippen LogP contribution in [0.1, 0.15) is 5.82 Å². The van der Waals surface area contributed by atoms with Crippen LogP contribution in [0.4, 0.5) is 26.3 Å². The summed E-state index contributed by atoms with van der Waals surface area (Å²) in [6.45, 7) is 0. The first-order valence-corrected chi connectivity index (χ1v) is 6.42. The number of halogens is 6. The molecule has 126 valence electrons. The van der Waals surface area contributed by atoms with Gasteiger partial charge in [0.15, 0.2) is 0 Å². The van der Waals surface area contributed by atoms with E-state index in [2.05, 4.69) is 14.8 Å². The average Bonchev–Trinajstić information content (AvgIpc) is 2.89. The minimum atomic E-state index is -4.82. The molecule has 0 aliphatic rings. The maximum Gasteiger partial charge on any atom is 0.573 e. The maximum absolute atomic E-state index is 12.8. The predicted molar refractivity (Wildman–Crippen MR) is 70.1 cm³/mol. The summed E-state index contributed by atoms with van der Waals surface area (Å²) in [4.78, 5) is 3.29. The standard InChI is InChI=1S/C14H7F6N3O/c15-13(16,17)12-21-7-9-3-6-11(22-23(9)12)8-1-4-10(5-2-8)24-14(18,19)20/h1-7H. The first-order chi connectivity index (χ1) is 11.1. The number of rotatable bonds is 2. The number of alkyl halides is 6. The van der Waals surface area contributed by atoms with Crippen molar-refractivity contribution in [1.29, 1.82) is 0 Å². The number of imidazole rings is 1. The van der Waals surface area contributed by atoms with Crippen molar-refractivity contribution < 1.29 is 31.1 Å². The van der Waals surface area contributed by atoms with Gasteiger partial charge in [-0.15, -0.1) is 13.2 Å². The van der Waals surface area contributed by atoms with Crippen molar-refractivity contribution in [3.63, 3.8) is 0 Å². The SMILES string of the molecule is FC(F)(F)Oc1ccc(-c2ccc3cnc(C(F)(F)F)n3n2)cc1. The minimum Gasteiger partial charge on any atom is -0.406 e. The third-order valence-corrected chi connectivity index (χ3v) is 3.02. The van der Waals surface area contributed by atoms with Crippen LogP contribution >= 0.6 is 0 Å². The van der Waals surface area contributed by atoms with Crippen molar-refractivity contribution in [3.05, 3.63) is 48.4 Å². The summed E-state index contributed by atoms with van der Waals surface area (Å²) >= 11 is 0. The molecule has 0 unspecified atom stereocenters. The third-order valence-electron chi connectivity index (χ3n) is 3.02. The first kappa shape index (κ1) is 16.1. The van der Waals surface area contributed by atoms with Crippen molar-refractivity contribution >= 4 is 5.52 Å². The number of nitrogens with zero attached hydrogens (tertiary/aromatic N) is 3. The van der Waals surface area contributed by atoms with Crippen LogP contribution in [-0.4, -0.2) is 21.0 Å². The molecule has 0 radical (unpaired) electrons. The van der Waals surface area contributed by atoms with Gasteiger partial charge in [0.25, 0.3) is 0 Å². The molecule has 3 aromatic rings. The summed E-state index contributed by atoms with van der Waals surface area (Å²) in [5.41, 5.74) is 0.612. The van der Waals surface area contributed by atoms with Gasteiger partial charge in [0.05, 0.1) is 17.4 Å². The van der Waals surface area contributed by atoms with E-state index in [1.54, 1.807) is 0 Å². The Kier molecular flexibility index (Phi) is 3.61. The topological polar surface area (TPSA) is 39.4 Å². The van der Waals surface area contributed by atoms with Gasteiger partial charge >= 0.3 is 12.5 Å². The van der Waals surface area contributed by atoms with E-state index < -0.39 is 24.1 Å². The lowest BCUT2D eigenvalue weighted by Gasteiger charge is -2.09. The summed E-state index contributed by atoms with van der Waals surface area (Å²) in [5, 5.41) is 3.85. The molecule has 2 heterocycles.